The third-order valence-corrected chi connectivity index (χ3v) is 6.27. The average molecular weight is 264 g/mol. The molecule has 0 amide bonds. The van der Waals surface area contributed by atoms with Gasteiger partial charge in [-0.15, -0.1) is 0 Å². The summed E-state index contributed by atoms with van der Waals surface area (Å²) in [5.74, 6) is 1.94. The van der Waals surface area contributed by atoms with E-state index in [-0.39, 0.29) is 0 Å². The van der Waals surface area contributed by atoms with Crippen LogP contribution < -0.4 is 5.73 Å². The number of likely N-dealkylation sites (tertiary alicyclic amines) is 1. The van der Waals surface area contributed by atoms with E-state index in [2.05, 4.69) is 11.8 Å². The van der Waals surface area contributed by atoms with Crippen LogP contribution in [0.25, 0.3) is 0 Å². The van der Waals surface area contributed by atoms with Crippen molar-refractivity contribution in [1.82, 2.24) is 4.90 Å². The molecule has 3 rings (SSSR count). The Kier molecular flexibility index (Phi) is 4.48. The quantitative estimate of drug-likeness (QED) is 0.826. The van der Waals surface area contributed by atoms with Crippen LogP contribution in [0.2, 0.25) is 0 Å². The lowest BCUT2D eigenvalue weighted by Gasteiger charge is -2.51. The van der Waals surface area contributed by atoms with Gasteiger partial charge in [-0.1, -0.05) is 26.2 Å². The second-order valence-electron chi connectivity index (χ2n) is 7.31. The normalized spacial score (nSPS) is 44.8. The van der Waals surface area contributed by atoms with Crippen LogP contribution in [0.1, 0.15) is 71.1 Å². The SMILES string of the molecule is CCC1CCC(N)C(N2CCCC3CCCCC32)C1. The molecule has 1 saturated heterocycles. The molecule has 2 saturated carbocycles. The highest BCUT2D eigenvalue weighted by Crippen LogP contribution is 2.39. The van der Waals surface area contributed by atoms with Crippen molar-refractivity contribution in [2.24, 2.45) is 17.6 Å². The van der Waals surface area contributed by atoms with Crippen molar-refractivity contribution in [2.45, 2.75) is 89.3 Å². The van der Waals surface area contributed by atoms with Crippen LogP contribution in [0.4, 0.5) is 0 Å². The second-order valence-corrected chi connectivity index (χ2v) is 7.31. The lowest BCUT2D eigenvalue weighted by atomic mass is 9.74. The summed E-state index contributed by atoms with van der Waals surface area (Å²) in [6.07, 6.45) is 14.1. The first kappa shape index (κ1) is 13.9. The number of hydrogen-bond donors (Lipinski definition) is 1. The molecule has 0 aromatic heterocycles. The van der Waals surface area contributed by atoms with Crippen molar-refractivity contribution in [3.63, 3.8) is 0 Å². The maximum absolute atomic E-state index is 6.51. The van der Waals surface area contributed by atoms with E-state index in [1.807, 2.05) is 0 Å². The first-order valence-electron chi connectivity index (χ1n) is 8.81. The third-order valence-electron chi connectivity index (χ3n) is 6.27. The fourth-order valence-corrected chi connectivity index (χ4v) is 5.08. The highest BCUT2D eigenvalue weighted by molar-refractivity contribution is 4.96. The maximum Gasteiger partial charge on any atom is 0.0252 e. The van der Waals surface area contributed by atoms with Gasteiger partial charge in [0.05, 0.1) is 0 Å². The molecule has 3 fully saturated rings. The van der Waals surface area contributed by atoms with Gasteiger partial charge in [0.2, 0.25) is 0 Å². The summed E-state index contributed by atoms with van der Waals surface area (Å²) in [4.78, 5) is 2.87. The fraction of sp³-hybridized carbons (Fsp3) is 1.00. The topological polar surface area (TPSA) is 29.3 Å². The summed E-state index contributed by atoms with van der Waals surface area (Å²) in [5, 5.41) is 0. The van der Waals surface area contributed by atoms with Gasteiger partial charge in [0.15, 0.2) is 0 Å². The number of nitrogens with two attached hydrogens (primary N) is 1. The van der Waals surface area contributed by atoms with Crippen molar-refractivity contribution in [1.29, 1.82) is 0 Å². The van der Waals surface area contributed by atoms with Crippen LogP contribution in [-0.4, -0.2) is 29.6 Å². The molecule has 1 aliphatic heterocycles. The van der Waals surface area contributed by atoms with Crippen LogP contribution in [0.15, 0.2) is 0 Å². The van der Waals surface area contributed by atoms with E-state index in [1.165, 1.54) is 70.8 Å². The minimum absolute atomic E-state index is 0.448. The molecule has 0 bridgehead atoms. The van der Waals surface area contributed by atoms with Crippen LogP contribution in [0, 0.1) is 11.8 Å². The summed E-state index contributed by atoms with van der Waals surface area (Å²) in [5.41, 5.74) is 6.51. The van der Waals surface area contributed by atoms with Gasteiger partial charge in [0.25, 0.3) is 0 Å². The predicted molar refractivity (Wildman–Crippen MR) is 81.1 cm³/mol. The van der Waals surface area contributed by atoms with Gasteiger partial charge in [-0.3, -0.25) is 4.90 Å². The Morgan fingerprint density at radius 2 is 1.74 bits per heavy atom. The summed E-state index contributed by atoms with van der Waals surface area (Å²) in [7, 11) is 0. The van der Waals surface area contributed by atoms with Gasteiger partial charge in [-0.25, -0.2) is 0 Å². The molecule has 5 unspecified atom stereocenters. The maximum atomic E-state index is 6.51. The largest absolute Gasteiger partial charge is 0.326 e. The van der Waals surface area contributed by atoms with E-state index in [1.54, 1.807) is 0 Å². The molecule has 0 spiro atoms. The number of nitrogens with zero attached hydrogens (tertiary/aromatic N) is 1. The van der Waals surface area contributed by atoms with E-state index in [4.69, 9.17) is 5.73 Å². The van der Waals surface area contributed by atoms with E-state index in [9.17, 15) is 0 Å². The minimum atomic E-state index is 0.448. The number of piperidine rings is 1. The minimum Gasteiger partial charge on any atom is -0.326 e. The smallest absolute Gasteiger partial charge is 0.0252 e. The molecule has 0 aromatic carbocycles. The summed E-state index contributed by atoms with van der Waals surface area (Å²) >= 11 is 0. The van der Waals surface area contributed by atoms with Crippen molar-refractivity contribution < 1.29 is 0 Å². The van der Waals surface area contributed by atoms with E-state index in [0.29, 0.717) is 12.1 Å². The third kappa shape index (κ3) is 2.85. The molecule has 5 atom stereocenters. The Bertz CT molecular complexity index is 289. The summed E-state index contributed by atoms with van der Waals surface area (Å²) in [6, 6.07) is 2.03. The lowest BCUT2D eigenvalue weighted by molar-refractivity contribution is -0.00306. The summed E-state index contributed by atoms with van der Waals surface area (Å²) in [6.45, 7) is 3.69. The molecule has 19 heavy (non-hydrogen) atoms. The number of hydrogen-bond acceptors (Lipinski definition) is 2. The molecule has 3 aliphatic rings. The van der Waals surface area contributed by atoms with Crippen molar-refractivity contribution in [2.75, 3.05) is 6.54 Å². The van der Waals surface area contributed by atoms with E-state index in [0.717, 1.165) is 17.9 Å². The number of fused-ring (bicyclic) bond motifs is 1. The second kappa shape index (κ2) is 6.13. The highest BCUT2D eigenvalue weighted by Gasteiger charge is 2.40. The van der Waals surface area contributed by atoms with Crippen molar-refractivity contribution in [3.05, 3.63) is 0 Å². The molecule has 2 heteroatoms. The zero-order valence-corrected chi connectivity index (χ0v) is 12.7. The Morgan fingerprint density at radius 1 is 0.947 bits per heavy atom. The van der Waals surface area contributed by atoms with E-state index < -0.39 is 0 Å². The van der Waals surface area contributed by atoms with Gasteiger partial charge >= 0.3 is 0 Å². The molecule has 2 aliphatic carbocycles. The first-order chi connectivity index (χ1) is 9.29. The monoisotopic (exact) mass is 264 g/mol. The Balaban J connectivity index is 1.71. The first-order valence-corrected chi connectivity index (χ1v) is 8.81. The fourth-order valence-electron chi connectivity index (χ4n) is 5.08. The van der Waals surface area contributed by atoms with Crippen LogP contribution in [-0.2, 0) is 0 Å². The summed E-state index contributed by atoms with van der Waals surface area (Å²) < 4.78 is 0. The van der Waals surface area contributed by atoms with Crippen molar-refractivity contribution >= 4 is 0 Å². The van der Waals surface area contributed by atoms with Crippen LogP contribution in [0.5, 0.6) is 0 Å². The highest BCUT2D eigenvalue weighted by atomic mass is 15.2. The molecule has 2 nitrogen and oxygen atoms in total. The van der Waals surface area contributed by atoms with Crippen LogP contribution in [0.3, 0.4) is 0 Å². The molecule has 2 N–H and O–H groups in total. The molecule has 0 aromatic rings. The lowest BCUT2D eigenvalue weighted by Crippen LogP contribution is -2.58. The van der Waals surface area contributed by atoms with Crippen LogP contribution >= 0.6 is 0 Å². The van der Waals surface area contributed by atoms with Gasteiger partial charge < -0.3 is 5.73 Å². The molecule has 0 radical (unpaired) electrons. The average Bonchev–Trinajstić information content (AvgIpc) is 2.47. The molecule has 1 heterocycles. The van der Waals surface area contributed by atoms with Gasteiger partial charge in [0, 0.05) is 18.1 Å². The molecular weight excluding hydrogens is 232 g/mol. The zero-order valence-electron chi connectivity index (χ0n) is 12.7. The van der Waals surface area contributed by atoms with Gasteiger partial charge in [0.1, 0.15) is 0 Å². The van der Waals surface area contributed by atoms with E-state index >= 15 is 0 Å². The standard InChI is InChI=1S/C17H32N2/c1-2-13-9-10-15(18)17(12-13)19-11-5-7-14-6-3-4-8-16(14)19/h13-17H,2-12,18H2,1H3. The zero-order chi connectivity index (χ0) is 13.2. The van der Waals surface area contributed by atoms with Crippen molar-refractivity contribution in [3.8, 4) is 0 Å². The number of rotatable bonds is 2. The van der Waals surface area contributed by atoms with Gasteiger partial charge in [-0.05, 0) is 63.3 Å². The Hall–Kier alpha value is -0.0800. The molecule has 110 valence electrons. The molecular formula is C17H32N2. The Morgan fingerprint density at radius 3 is 2.58 bits per heavy atom. The van der Waals surface area contributed by atoms with Gasteiger partial charge in [-0.2, -0.15) is 0 Å². The Labute approximate surface area is 119 Å². The predicted octanol–water partition coefficient (Wildman–Crippen LogP) is 3.55.